The van der Waals surface area contributed by atoms with Crippen molar-refractivity contribution in [3.63, 3.8) is 0 Å². The van der Waals surface area contributed by atoms with Crippen LogP contribution in [0.3, 0.4) is 0 Å². The number of ether oxygens (including phenoxy) is 2. The summed E-state index contributed by atoms with van der Waals surface area (Å²) in [4.78, 5) is 57.4. The molecule has 38 heavy (non-hydrogen) atoms. The van der Waals surface area contributed by atoms with Crippen LogP contribution in [-0.4, -0.2) is 89.6 Å². The lowest BCUT2D eigenvalue weighted by Gasteiger charge is -2.45. The largest absolute Gasteiger partial charge is 0.466 e. The van der Waals surface area contributed by atoms with E-state index in [9.17, 15) is 23.6 Å². The first-order chi connectivity index (χ1) is 18.1. The highest BCUT2D eigenvalue weighted by molar-refractivity contribution is 5.98. The molecule has 0 aromatic heterocycles. The third-order valence-electron chi connectivity index (χ3n) is 7.76. The molecule has 10 heteroatoms. The summed E-state index contributed by atoms with van der Waals surface area (Å²) in [6.45, 7) is 7.75. The predicted octanol–water partition coefficient (Wildman–Crippen LogP) is 2.83. The first-order valence-electron chi connectivity index (χ1n) is 13.6. The van der Waals surface area contributed by atoms with Gasteiger partial charge in [-0.3, -0.25) is 24.1 Å². The molecule has 0 unspecified atom stereocenters. The van der Waals surface area contributed by atoms with E-state index in [2.05, 4.69) is 0 Å². The molecule has 0 saturated carbocycles. The first kappa shape index (κ1) is 28.0. The zero-order chi connectivity index (χ0) is 27.4. The van der Waals surface area contributed by atoms with Crippen LogP contribution in [0.15, 0.2) is 24.3 Å². The second-order valence-electron chi connectivity index (χ2n) is 10.8. The number of benzene rings is 1. The third kappa shape index (κ3) is 5.85. The molecule has 1 aromatic rings. The summed E-state index contributed by atoms with van der Waals surface area (Å²) in [5, 5.41) is 0. The lowest BCUT2D eigenvalue weighted by Crippen LogP contribution is -2.60. The number of esters is 1. The van der Waals surface area contributed by atoms with Gasteiger partial charge in [-0.25, -0.2) is 4.39 Å². The molecule has 3 aliphatic rings. The van der Waals surface area contributed by atoms with Gasteiger partial charge in [-0.2, -0.15) is 0 Å². The van der Waals surface area contributed by atoms with Gasteiger partial charge in [0, 0.05) is 51.0 Å². The molecule has 3 aliphatic heterocycles. The fourth-order valence-corrected chi connectivity index (χ4v) is 5.68. The van der Waals surface area contributed by atoms with E-state index in [-0.39, 0.29) is 41.8 Å². The van der Waals surface area contributed by atoms with Crippen LogP contribution < -0.4 is 0 Å². The molecule has 1 atom stereocenters. The maximum Gasteiger partial charge on any atom is 0.309 e. The van der Waals surface area contributed by atoms with Gasteiger partial charge in [-0.1, -0.05) is 13.8 Å². The number of hydrogen-bond donors (Lipinski definition) is 0. The van der Waals surface area contributed by atoms with Crippen molar-refractivity contribution < 1.29 is 33.0 Å². The van der Waals surface area contributed by atoms with Gasteiger partial charge in [0.25, 0.3) is 5.91 Å². The minimum atomic E-state index is -1.02. The van der Waals surface area contributed by atoms with Gasteiger partial charge in [-0.15, -0.1) is 0 Å². The lowest BCUT2D eigenvalue weighted by atomic mass is 9.94. The van der Waals surface area contributed by atoms with E-state index in [0.717, 1.165) is 0 Å². The van der Waals surface area contributed by atoms with E-state index in [4.69, 9.17) is 9.47 Å². The fourth-order valence-electron chi connectivity index (χ4n) is 5.68. The summed E-state index contributed by atoms with van der Waals surface area (Å²) in [6, 6.07) is 4.43. The van der Waals surface area contributed by atoms with Crippen LogP contribution in [-0.2, 0) is 23.9 Å². The average Bonchev–Trinajstić information content (AvgIpc) is 3.26. The van der Waals surface area contributed by atoms with Gasteiger partial charge in [0.2, 0.25) is 11.8 Å². The minimum Gasteiger partial charge on any atom is -0.466 e. The highest BCUT2D eigenvalue weighted by Gasteiger charge is 2.55. The van der Waals surface area contributed by atoms with Gasteiger partial charge in [0.15, 0.2) is 0 Å². The van der Waals surface area contributed by atoms with Crippen molar-refractivity contribution in [1.29, 1.82) is 0 Å². The maximum absolute atomic E-state index is 13.8. The van der Waals surface area contributed by atoms with E-state index in [1.807, 2.05) is 13.8 Å². The van der Waals surface area contributed by atoms with Crippen LogP contribution in [0.25, 0.3) is 0 Å². The normalized spacial score (nSPS) is 21.7. The molecule has 9 nitrogen and oxygen atoms in total. The van der Waals surface area contributed by atoms with Gasteiger partial charge >= 0.3 is 5.97 Å². The van der Waals surface area contributed by atoms with E-state index in [0.29, 0.717) is 64.9 Å². The molecule has 208 valence electrons. The van der Waals surface area contributed by atoms with Crippen LogP contribution in [0.2, 0.25) is 0 Å². The highest BCUT2D eigenvalue weighted by atomic mass is 19.1. The van der Waals surface area contributed by atoms with Gasteiger partial charge in [-0.05, 0) is 49.9 Å². The molecule has 1 aromatic carbocycles. The summed E-state index contributed by atoms with van der Waals surface area (Å²) in [5.41, 5.74) is -0.752. The Kier molecular flexibility index (Phi) is 8.70. The molecule has 3 heterocycles. The van der Waals surface area contributed by atoms with E-state index in [1.165, 1.54) is 29.2 Å². The summed E-state index contributed by atoms with van der Waals surface area (Å²) in [7, 11) is 0. The molecule has 3 fully saturated rings. The zero-order valence-corrected chi connectivity index (χ0v) is 22.5. The zero-order valence-electron chi connectivity index (χ0n) is 22.5. The Morgan fingerprint density at radius 1 is 1.03 bits per heavy atom. The van der Waals surface area contributed by atoms with Crippen molar-refractivity contribution in [2.24, 2.45) is 11.8 Å². The van der Waals surface area contributed by atoms with E-state index < -0.39 is 23.5 Å². The number of piperidine rings is 2. The molecule has 0 radical (unpaired) electrons. The summed E-state index contributed by atoms with van der Waals surface area (Å²) in [5.74, 6) is -1.25. The van der Waals surface area contributed by atoms with Crippen LogP contribution in [0, 0.1) is 17.7 Å². The van der Waals surface area contributed by atoms with Gasteiger partial charge < -0.3 is 19.3 Å². The van der Waals surface area contributed by atoms with Crippen LogP contribution in [0.4, 0.5) is 4.39 Å². The lowest BCUT2D eigenvalue weighted by molar-refractivity contribution is -0.152. The summed E-state index contributed by atoms with van der Waals surface area (Å²) in [6.07, 6.45) is 2.23. The highest BCUT2D eigenvalue weighted by Crippen LogP contribution is 2.39. The van der Waals surface area contributed by atoms with Crippen molar-refractivity contribution in [3.8, 4) is 0 Å². The molecule has 4 rings (SSSR count). The molecule has 1 spiro atoms. The number of nitrogens with zero attached hydrogens (tertiary/aromatic N) is 3. The van der Waals surface area contributed by atoms with E-state index >= 15 is 0 Å². The number of amides is 3. The van der Waals surface area contributed by atoms with Crippen LogP contribution in [0.1, 0.15) is 63.2 Å². The van der Waals surface area contributed by atoms with Crippen LogP contribution >= 0.6 is 0 Å². The number of halogens is 1. The van der Waals surface area contributed by atoms with Crippen molar-refractivity contribution in [2.45, 2.75) is 64.6 Å². The number of likely N-dealkylation sites (tertiary alicyclic amines) is 2. The predicted molar refractivity (Wildman–Crippen MR) is 136 cm³/mol. The molecular weight excluding hydrogens is 493 g/mol. The van der Waals surface area contributed by atoms with Crippen molar-refractivity contribution >= 4 is 23.7 Å². The van der Waals surface area contributed by atoms with Gasteiger partial charge in [0.05, 0.1) is 19.1 Å². The Hall–Kier alpha value is -3.01. The Morgan fingerprint density at radius 2 is 1.66 bits per heavy atom. The van der Waals surface area contributed by atoms with Crippen molar-refractivity contribution in [1.82, 2.24) is 14.7 Å². The summed E-state index contributed by atoms with van der Waals surface area (Å²) < 4.78 is 25.0. The number of rotatable bonds is 6. The molecule has 0 N–H and O–H groups in total. The SMILES string of the molecule is CCOC(=O)C1CCN(C(=O)[C@H]2COC3(CCN(C(=O)CC(C)C)CC3)N2C(=O)c2ccc(F)cc2)CC1. The van der Waals surface area contributed by atoms with E-state index in [1.54, 1.807) is 16.7 Å². The number of carbonyl (C=O) groups is 4. The quantitative estimate of drug-likeness (QED) is 0.524. The van der Waals surface area contributed by atoms with Gasteiger partial charge in [0.1, 0.15) is 17.6 Å². The smallest absolute Gasteiger partial charge is 0.309 e. The minimum absolute atomic E-state index is 0.0452. The van der Waals surface area contributed by atoms with Crippen LogP contribution in [0.5, 0.6) is 0 Å². The molecule has 0 aliphatic carbocycles. The Labute approximate surface area is 223 Å². The first-order valence-corrected chi connectivity index (χ1v) is 13.6. The second kappa shape index (κ2) is 11.8. The Balaban J connectivity index is 1.52. The molecular formula is C28H38FN3O6. The topological polar surface area (TPSA) is 96.5 Å². The second-order valence-corrected chi connectivity index (χ2v) is 10.8. The monoisotopic (exact) mass is 531 g/mol. The summed E-state index contributed by atoms with van der Waals surface area (Å²) >= 11 is 0. The standard InChI is InChI=1S/C28H38FN3O6/c1-4-37-27(36)21-9-13-31(14-10-21)26(35)23-18-38-28(11-15-30(16-12-28)24(33)17-19(2)3)32(23)25(34)20-5-7-22(29)8-6-20/h5-8,19,21,23H,4,9-18H2,1-3H3/t23-/m1/s1. The average molecular weight is 532 g/mol. The number of carbonyl (C=O) groups excluding carboxylic acids is 4. The maximum atomic E-state index is 13.8. The molecule has 3 saturated heterocycles. The third-order valence-corrected chi connectivity index (χ3v) is 7.76. The van der Waals surface area contributed by atoms with Crippen molar-refractivity contribution in [2.75, 3.05) is 39.4 Å². The Morgan fingerprint density at radius 3 is 2.24 bits per heavy atom. The Bertz CT molecular complexity index is 1030. The molecule has 3 amide bonds. The molecule has 0 bridgehead atoms. The fraction of sp³-hybridized carbons (Fsp3) is 0.643. The number of hydrogen-bond acceptors (Lipinski definition) is 6. The van der Waals surface area contributed by atoms with Crippen molar-refractivity contribution in [3.05, 3.63) is 35.6 Å².